The fourth-order valence-corrected chi connectivity index (χ4v) is 2.93. The number of rotatable bonds is 7. The Morgan fingerprint density at radius 3 is 2.50 bits per heavy atom. The van der Waals surface area contributed by atoms with Crippen molar-refractivity contribution in [2.75, 3.05) is 19.7 Å². The number of nitrogens with one attached hydrogen (secondary N) is 2. The molecule has 1 aromatic carbocycles. The molecular weight excluding hydrogens is 362 g/mol. The van der Waals surface area contributed by atoms with Crippen LogP contribution >= 0.6 is 0 Å². The topological polar surface area (TPSA) is 105 Å². The molecule has 1 aromatic rings. The van der Waals surface area contributed by atoms with Crippen LogP contribution in [-0.4, -0.2) is 48.4 Å². The predicted octanol–water partition coefficient (Wildman–Crippen LogP) is 1.62. The van der Waals surface area contributed by atoms with E-state index in [1.54, 1.807) is 4.90 Å². The van der Waals surface area contributed by atoms with E-state index in [-0.39, 0.29) is 30.8 Å². The number of benzene rings is 1. The zero-order chi connectivity index (χ0) is 20.7. The molecule has 1 fully saturated rings. The summed E-state index contributed by atoms with van der Waals surface area (Å²) in [6, 6.07) is 8.77. The fourth-order valence-electron chi connectivity index (χ4n) is 2.93. The van der Waals surface area contributed by atoms with Crippen molar-refractivity contribution in [3.05, 3.63) is 35.9 Å². The van der Waals surface area contributed by atoms with E-state index in [1.807, 2.05) is 51.1 Å². The van der Waals surface area contributed by atoms with E-state index >= 15 is 0 Å². The molecule has 0 unspecified atom stereocenters. The van der Waals surface area contributed by atoms with E-state index < -0.39 is 30.4 Å². The fraction of sp³-hybridized carbons (Fsp3) is 0.500. The van der Waals surface area contributed by atoms with Gasteiger partial charge in [-0.3, -0.25) is 19.7 Å². The molecule has 8 heteroatoms. The van der Waals surface area contributed by atoms with E-state index in [9.17, 15) is 19.2 Å². The molecule has 0 aliphatic carbocycles. The van der Waals surface area contributed by atoms with E-state index in [1.165, 1.54) is 0 Å². The Bertz CT molecular complexity index is 720. The van der Waals surface area contributed by atoms with Gasteiger partial charge in [0, 0.05) is 19.5 Å². The van der Waals surface area contributed by atoms with Crippen LogP contribution in [0, 0.1) is 11.8 Å². The van der Waals surface area contributed by atoms with E-state index in [0.717, 1.165) is 5.56 Å². The summed E-state index contributed by atoms with van der Waals surface area (Å²) in [6.07, 6.45) is 0.0481. The summed E-state index contributed by atoms with van der Waals surface area (Å²) in [5, 5.41) is 4.63. The highest BCUT2D eigenvalue weighted by molar-refractivity contribution is 5.96. The third kappa shape index (κ3) is 6.07. The third-order valence-electron chi connectivity index (χ3n) is 4.51. The Labute approximate surface area is 164 Å². The lowest BCUT2D eigenvalue weighted by atomic mass is 10.1. The van der Waals surface area contributed by atoms with Crippen molar-refractivity contribution in [3.8, 4) is 0 Å². The van der Waals surface area contributed by atoms with E-state index in [0.29, 0.717) is 6.54 Å². The number of carbonyl (C=O) groups is 4. The first-order valence-corrected chi connectivity index (χ1v) is 9.36. The first-order valence-electron chi connectivity index (χ1n) is 9.36. The minimum Gasteiger partial charge on any atom is -0.455 e. The maximum absolute atomic E-state index is 12.3. The van der Waals surface area contributed by atoms with Gasteiger partial charge in [-0.05, 0) is 18.4 Å². The molecule has 28 heavy (non-hydrogen) atoms. The molecule has 2 N–H and O–H groups in total. The molecule has 0 spiro atoms. The summed E-state index contributed by atoms with van der Waals surface area (Å²) in [5.74, 6) is -1.83. The summed E-state index contributed by atoms with van der Waals surface area (Å²) in [4.78, 5) is 49.4. The number of nitrogens with zero attached hydrogens (tertiary/aromatic N) is 1. The van der Waals surface area contributed by atoms with Gasteiger partial charge in [0.15, 0.2) is 6.61 Å². The van der Waals surface area contributed by atoms with Gasteiger partial charge in [-0.2, -0.15) is 0 Å². The van der Waals surface area contributed by atoms with Gasteiger partial charge >= 0.3 is 12.0 Å². The SMILES string of the molecule is CC(C)CNC(=O)NC(=O)COC(=O)[C@H]1CC(=O)N([C@H](C)c2ccccc2)C1. The first kappa shape index (κ1) is 21.4. The van der Waals surface area contributed by atoms with Gasteiger partial charge in [0.2, 0.25) is 5.91 Å². The predicted molar refractivity (Wildman–Crippen MR) is 102 cm³/mol. The molecule has 8 nitrogen and oxygen atoms in total. The molecule has 1 aliphatic rings. The minimum atomic E-state index is -0.714. The number of hydrogen-bond donors (Lipinski definition) is 2. The smallest absolute Gasteiger partial charge is 0.321 e. The molecule has 1 heterocycles. The van der Waals surface area contributed by atoms with Crippen molar-refractivity contribution in [1.29, 1.82) is 0 Å². The van der Waals surface area contributed by atoms with Crippen LogP contribution in [0.3, 0.4) is 0 Å². The summed E-state index contributed by atoms with van der Waals surface area (Å²) in [5.41, 5.74) is 0.983. The number of urea groups is 1. The molecule has 2 atom stereocenters. The van der Waals surface area contributed by atoms with Crippen molar-refractivity contribution < 1.29 is 23.9 Å². The van der Waals surface area contributed by atoms with Gasteiger partial charge < -0.3 is 15.0 Å². The minimum absolute atomic E-state index is 0.0481. The highest BCUT2D eigenvalue weighted by Crippen LogP contribution is 2.28. The number of imide groups is 1. The molecule has 0 aromatic heterocycles. The molecular formula is C20H27N3O5. The summed E-state index contributed by atoms with van der Waals surface area (Å²) in [6.45, 7) is 5.86. The molecule has 1 saturated heterocycles. The Hall–Kier alpha value is -2.90. The lowest BCUT2D eigenvalue weighted by molar-refractivity contribution is -0.152. The number of amides is 4. The highest BCUT2D eigenvalue weighted by atomic mass is 16.5. The van der Waals surface area contributed by atoms with Crippen LogP contribution in [0.15, 0.2) is 30.3 Å². The van der Waals surface area contributed by atoms with Crippen LogP contribution in [0.2, 0.25) is 0 Å². The summed E-state index contributed by atoms with van der Waals surface area (Å²) < 4.78 is 4.99. The van der Waals surface area contributed by atoms with Gasteiger partial charge in [0.05, 0.1) is 12.0 Å². The van der Waals surface area contributed by atoms with Gasteiger partial charge in [0.25, 0.3) is 5.91 Å². The average molecular weight is 389 g/mol. The van der Waals surface area contributed by atoms with Crippen molar-refractivity contribution in [1.82, 2.24) is 15.5 Å². The largest absolute Gasteiger partial charge is 0.455 e. The van der Waals surface area contributed by atoms with Gasteiger partial charge in [-0.25, -0.2) is 4.79 Å². The lowest BCUT2D eigenvalue weighted by Gasteiger charge is -2.25. The van der Waals surface area contributed by atoms with E-state index in [2.05, 4.69) is 10.6 Å². The second kappa shape index (κ2) is 9.87. The number of likely N-dealkylation sites (tertiary alicyclic amines) is 1. The standard InChI is InChI=1S/C20H27N3O5/c1-13(2)10-21-20(27)22-17(24)12-28-19(26)16-9-18(25)23(11-16)14(3)15-7-5-4-6-8-15/h4-8,13-14,16H,9-12H2,1-3H3,(H2,21,22,24,27)/t14-,16+/m1/s1. The van der Waals surface area contributed by atoms with Crippen LogP contribution in [0.25, 0.3) is 0 Å². The van der Waals surface area contributed by atoms with E-state index in [4.69, 9.17) is 4.74 Å². The van der Waals surface area contributed by atoms with Crippen LogP contribution < -0.4 is 10.6 Å². The lowest BCUT2D eigenvalue weighted by Crippen LogP contribution is -2.42. The zero-order valence-corrected chi connectivity index (χ0v) is 16.4. The second-order valence-electron chi connectivity index (χ2n) is 7.29. The number of esters is 1. The van der Waals surface area contributed by atoms with Crippen molar-refractivity contribution in [2.24, 2.45) is 11.8 Å². The van der Waals surface area contributed by atoms with Crippen LogP contribution in [0.5, 0.6) is 0 Å². The van der Waals surface area contributed by atoms with Crippen LogP contribution in [0.1, 0.15) is 38.8 Å². The summed E-state index contributed by atoms with van der Waals surface area (Å²) in [7, 11) is 0. The Morgan fingerprint density at radius 1 is 1.18 bits per heavy atom. The average Bonchev–Trinajstić information content (AvgIpc) is 3.06. The van der Waals surface area contributed by atoms with Gasteiger partial charge in [-0.1, -0.05) is 44.2 Å². The molecule has 4 amide bonds. The molecule has 0 saturated carbocycles. The van der Waals surface area contributed by atoms with Gasteiger partial charge in [-0.15, -0.1) is 0 Å². The Morgan fingerprint density at radius 2 is 1.86 bits per heavy atom. The second-order valence-corrected chi connectivity index (χ2v) is 7.29. The molecule has 1 aliphatic heterocycles. The summed E-state index contributed by atoms with van der Waals surface area (Å²) >= 11 is 0. The third-order valence-corrected chi connectivity index (χ3v) is 4.51. The number of ether oxygens (including phenoxy) is 1. The first-order chi connectivity index (χ1) is 13.3. The number of carbonyl (C=O) groups excluding carboxylic acids is 4. The van der Waals surface area contributed by atoms with Crippen LogP contribution in [0.4, 0.5) is 4.79 Å². The maximum atomic E-state index is 12.3. The van der Waals surface area contributed by atoms with Crippen LogP contribution in [-0.2, 0) is 19.1 Å². The van der Waals surface area contributed by atoms with Crippen molar-refractivity contribution in [2.45, 2.75) is 33.2 Å². The zero-order valence-electron chi connectivity index (χ0n) is 16.4. The maximum Gasteiger partial charge on any atom is 0.321 e. The molecule has 0 bridgehead atoms. The monoisotopic (exact) mass is 389 g/mol. The molecule has 152 valence electrons. The Balaban J connectivity index is 1.79. The van der Waals surface area contributed by atoms with Gasteiger partial charge in [0.1, 0.15) is 0 Å². The normalized spacial score (nSPS) is 17.4. The highest BCUT2D eigenvalue weighted by Gasteiger charge is 2.38. The number of hydrogen-bond acceptors (Lipinski definition) is 5. The Kier molecular flexibility index (Phi) is 7.54. The van der Waals surface area contributed by atoms with Crippen molar-refractivity contribution >= 4 is 23.8 Å². The molecule has 2 rings (SSSR count). The molecule has 0 radical (unpaired) electrons. The quantitative estimate of drug-likeness (QED) is 0.690. The van der Waals surface area contributed by atoms with Crippen molar-refractivity contribution in [3.63, 3.8) is 0 Å².